The van der Waals surface area contributed by atoms with Crippen LogP contribution in [0.25, 0.3) is 0 Å². The molecule has 0 aliphatic rings. The minimum atomic E-state index is -0.494. The molecule has 2 rings (SSSR count). The molecule has 0 aromatic heterocycles. The summed E-state index contributed by atoms with van der Waals surface area (Å²) in [6.07, 6.45) is 0. The topological polar surface area (TPSA) is 58.6 Å². The summed E-state index contributed by atoms with van der Waals surface area (Å²) < 4.78 is 17.9. The van der Waals surface area contributed by atoms with Crippen molar-refractivity contribution in [3.05, 3.63) is 58.9 Å². The number of carbonyl (C=O) groups is 1. The van der Waals surface area contributed by atoms with Crippen molar-refractivity contribution in [3.63, 3.8) is 0 Å². The lowest BCUT2D eigenvalue weighted by atomic mass is 10.1. The molecule has 21 heavy (non-hydrogen) atoms. The van der Waals surface area contributed by atoms with Crippen LogP contribution in [-0.2, 0) is 11.3 Å². The van der Waals surface area contributed by atoms with Crippen LogP contribution in [-0.4, -0.2) is 18.2 Å². The highest BCUT2D eigenvalue weighted by Gasteiger charge is 2.11. The van der Waals surface area contributed by atoms with Gasteiger partial charge in [0.2, 0.25) is 0 Å². The molecule has 4 nitrogen and oxygen atoms in total. The van der Waals surface area contributed by atoms with Crippen molar-refractivity contribution in [2.45, 2.75) is 13.5 Å². The summed E-state index contributed by atoms with van der Waals surface area (Å²) in [5.41, 5.74) is 2.59. The first-order chi connectivity index (χ1) is 10.0. The van der Waals surface area contributed by atoms with Crippen molar-refractivity contribution < 1.29 is 19.0 Å². The summed E-state index contributed by atoms with van der Waals surface area (Å²) in [5, 5.41) is 12.5. The van der Waals surface area contributed by atoms with Gasteiger partial charge in [-0.3, -0.25) is 0 Å². The van der Waals surface area contributed by atoms with Crippen molar-refractivity contribution in [3.8, 4) is 5.75 Å². The number of carbonyl (C=O) groups excluding carboxylic acids is 1. The third kappa shape index (κ3) is 3.51. The Morgan fingerprint density at radius 1 is 1.33 bits per heavy atom. The summed E-state index contributed by atoms with van der Waals surface area (Å²) in [6, 6.07) is 9.11. The van der Waals surface area contributed by atoms with E-state index in [2.05, 4.69) is 5.32 Å². The standard InChI is InChI=1S/C16H16FNO3/c1-10-14(16(20)21-2)4-3-5-15(10)18-9-11-6-12(17)8-13(19)7-11/h3-8,18-19H,9H2,1-2H3. The second kappa shape index (κ2) is 6.26. The highest BCUT2D eigenvalue weighted by molar-refractivity contribution is 5.92. The van der Waals surface area contributed by atoms with Gasteiger partial charge in [-0.05, 0) is 42.3 Å². The maximum Gasteiger partial charge on any atom is 0.338 e. The molecule has 0 fully saturated rings. The van der Waals surface area contributed by atoms with Crippen molar-refractivity contribution in [2.24, 2.45) is 0 Å². The highest BCUT2D eigenvalue weighted by atomic mass is 19.1. The summed E-state index contributed by atoms with van der Waals surface area (Å²) in [5.74, 6) is -1.02. The van der Waals surface area contributed by atoms with E-state index in [1.54, 1.807) is 19.1 Å². The molecule has 2 aromatic rings. The van der Waals surface area contributed by atoms with Crippen LogP contribution >= 0.6 is 0 Å². The van der Waals surface area contributed by atoms with E-state index < -0.39 is 11.8 Å². The maximum absolute atomic E-state index is 13.2. The molecule has 0 amide bonds. The van der Waals surface area contributed by atoms with E-state index in [9.17, 15) is 14.3 Å². The van der Waals surface area contributed by atoms with Crippen LogP contribution in [0.4, 0.5) is 10.1 Å². The van der Waals surface area contributed by atoms with Gasteiger partial charge in [-0.15, -0.1) is 0 Å². The Balaban J connectivity index is 2.18. The van der Waals surface area contributed by atoms with Crippen molar-refractivity contribution in [1.82, 2.24) is 0 Å². The molecule has 2 aromatic carbocycles. The fourth-order valence-electron chi connectivity index (χ4n) is 2.09. The first kappa shape index (κ1) is 14.8. The average Bonchev–Trinajstić information content (AvgIpc) is 2.44. The Bertz CT molecular complexity index is 650. The number of phenolic OH excluding ortho intramolecular Hbond substituents is 1. The SMILES string of the molecule is COC(=O)c1cccc(NCc2cc(O)cc(F)c2)c1C. The molecule has 2 N–H and O–H groups in total. The van der Waals surface area contributed by atoms with E-state index in [-0.39, 0.29) is 5.75 Å². The zero-order valence-electron chi connectivity index (χ0n) is 11.8. The van der Waals surface area contributed by atoms with E-state index in [1.807, 2.05) is 6.07 Å². The number of hydrogen-bond acceptors (Lipinski definition) is 4. The Kier molecular flexibility index (Phi) is 4.42. The van der Waals surface area contributed by atoms with Crippen LogP contribution in [0.5, 0.6) is 5.75 Å². The number of methoxy groups -OCH3 is 1. The summed E-state index contributed by atoms with van der Waals surface area (Å²) in [4.78, 5) is 11.6. The molecule has 0 saturated heterocycles. The number of benzene rings is 2. The Morgan fingerprint density at radius 2 is 2.10 bits per heavy atom. The van der Waals surface area contributed by atoms with Gasteiger partial charge in [-0.25, -0.2) is 9.18 Å². The lowest BCUT2D eigenvalue weighted by molar-refractivity contribution is 0.0600. The molecular weight excluding hydrogens is 273 g/mol. The van der Waals surface area contributed by atoms with Gasteiger partial charge in [0.1, 0.15) is 11.6 Å². The molecule has 110 valence electrons. The normalized spacial score (nSPS) is 10.2. The first-order valence-corrected chi connectivity index (χ1v) is 6.41. The third-order valence-electron chi connectivity index (χ3n) is 3.16. The molecule has 0 aliphatic carbocycles. The molecule has 0 saturated carbocycles. The maximum atomic E-state index is 13.2. The number of anilines is 1. The van der Waals surface area contributed by atoms with E-state index in [0.717, 1.165) is 17.3 Å². The predicted molar refractivity (Wildman–Crippen MR) is 77.9 cm³/mol. The number of hydrogen-bond donors (Lipinski definition) is 2. The number of ether oxygens (including phenoxy) is 1. The zero-order valence-corrected chi connectivity index (χ0v) is 11.8. The number of aromatic hydroxyl groups is 1. The van der Waals surface area contributed by atoms with Crippen LogP contribution in [0.3, 0.4) is 0 Å². The van der Waals surface area contributed by atoms with Crippen LogP contribution in [0.1, 0.15) is 21.5 Å². The fraction of sp³-hybridized carbons (Fsp3) is 0.188. The minimum absolute atomic E-state index is 0.119. The molecule has 0 unspecified atom stereocenters. The number of esters is 1. The smallest absolute Gasteiger partial charge is 0.338 e. The average molecular weight is 289 g/mol. The second-order valence-electron chi connectivity index (χ2n) is 4.64. The second-order valence-corrected chi connectivity index (χ2v) is 4.64. The van der Waals surface area contributed by atoms with Gasteiger partial charge in [-0.1, -0.05) is 6.07 Å². The number of phenols is 1. The van der Waals surface area contributed by atoms with E-state index in [1.165, 1.54) is 19.2 Å². The predicted octanol–water partition coefficient (Wildman–Crippen LogP) is 3.24. The summed E-state index contributed by atoms with van der Waals surface area (Å²) in [7, 11) is 1.33. The van der Waals surface area contributed by atoms with Gasteiger partial charge < -0.3 is 15.2 Å². The Morgan fingerprint density at radius 3 is 2.76 bits per heavy atom. The van der Waals surface area contributed by atoms with Crippen molar-refractivity contribution in [1.29, 1.82) is 0 Å². The quantitative estimate of drug-likeness (QED) is 0.848. The molecule has 0 aliphatic heterocycles. The Labute approximate surface area is 122 Å². The number of halogens is 1. The van der Waals surface area contributed by atoms with Gasteiger partial charge in [0, 0.05) is 18.3 Å². The van der Waals surface area contributed by atoms with E-state index >= 15 is 0 Å². The number of nitrogens with one attached hydrogen (secondary N) is 1. The van der Waals surface area contributed by atoms with Crippen LogP contribution in [0, 0.1) is 12.7 Å². The summed E-state index contributed by atoms with van der Waals surface area (Å²) >= 11 is 0. The van der Waals surface area contributed by atoms with Gasteiger partial charge in [-0.2, -0.15) is 0 Å². The Hall–Kier alpha value is -2.56. The van der Waals surface area contributed by atoms with E-state index in [0.29, 0.717) is 17.7 Å². The molecule has 0 bridgehead atoms. The molecule has 0 heterocycles. The molecule has 0 radical (unpaired) electrons. The van der Waals surface area contributed by atoms with Crippen LogP contribution in [0.2, 0.25) is 0 Å². The zero-order chi connectivity index (χ0) is 15.4. The van der Waals surface area contributed by atoms with E-state index in [4.69, 9.17) is 4.74 Å². The van der Waals surface area contributed by atoms with Crippen molar-refractivity contribution >= 4 is 11.7 Å². The molecule has 5 heteroatoms. The van der Waals surface area contributed by atoms with Gasteiger partial charge in [0.15, 0.2) is 0 Å². The fourth-order valence-corrected chi connectivity index (χ4v) is 2.09. The lowest BCUT2D eigenvalue weighted by Gasteiger charge is -2.12. The highest BCUT2D eigenvalue weighted by Crippen LogP contribution is 2.21. The number of rotatable bonds is 4. The third-order valence-corrected chi connectivity index (χ3v) is 3.16. The van der Waals surface area contributed by atoms with Gasteiger partial charge >= 0.3 is 5.97 Å². The van der Waals surface area contributed by atoms with Gasteiger partial charge in [0.25, 0.3) is 0 Å². The molecular formula is C16H16FNO3. The minimum Gasteiger partial charge on any atom is -0.508 e. The summed E-state index contributed by atoms with van der Waals surface area (Å²) in [6.45, 7) is 2.13. The molecule has 0 atom stereocenters. The van der Waals surface area contributed by atoms with Gasteiger partial charge in [0.05, 0.1) is 12.7 Å². The largest absolute Gasteiger partial charge is 0.508 e. The monoisotopic (exact) mass is 289 g/mol. The molecule has 0 spiro atoms. The lowest BCUT2D eigenvalue weighted by Crippen LogP contribution is -2.07. The van der Waals surface area contributed by atoms with Crippen LogP contribution < -0.4 is 5.32 Å². The van der Waals surface area contributed by atoms with Crippen molar-refractivity contribution in [2.75, 3.05) is 12.4 Å². The first-order valence-electron chi connectivity index (χ1n) is 6.41. The van der Waals surface area contributed by atoms with Crippen LogP contribution in [0.15, 0.2) is 36.4 Å².